The molecule has 3 heteroatoms. The molecule has 0 saturated carbocycles. The van der Waals surface area contributed by atoms with Gasteiger partial charge in [0.1, 0.15) is 0 Å². The second kappa shape index (κ2) is 7.34. The van der Waals surface area contributed by atoms with E-state index < -0.39 is 0 Å². The van der Waals surface area contributed by atoms with Crippen molar-refractivity contribution >= 4 is 17.5 Å². The van der Waals surface area contributed by atoms with E-state index in [9.17, 15) is 4.79 Å². The van der Waals surface area contributed by atoms with E-state index >= 15 is 0 Å². The van der Waals surface area contributed by atoms with Crippen LogP contribution in [0.4, 0.5) is 0 Å². The van der Waals surface area contributed by atoms with Crippen molar-refractivity contribution in [1.82, 2.24) is 5.32 Å². The van der Waals surface area contributed by atoms with E-state index in [0.717, 1.165) is 18.5 Å². The quantitative estimate of drug-likeness (QED) is 0.639. The van der Waals surface area contributed by atoms with Crippen LogP contribution in [0.15, 0.2) is 35.9 Å². The number of nitrogens with one attached hydrogen (secondary N) is 1. The minimum absolute atomic E-state index is 0.0108. The average Bonchev–Trinajstić information content (AvgIpc) is 2.48. The van der Waals surface area contributed by atoms with Gasteiger partial charge in [0.2, 0.25) is 0 Å². The van der Waals surface area contributed by atoms with Crippen LogP contribution in [-0.2, 0) is 5.88 Å². The molecule has 0 fully saturated rings. The van der Waals surface area contributed by atoms with Gasteiger partial charge in [-0.15, -0.1) is 11.6 Å². The summed E-state index contributed by atoms with van der Waals surface area (Å²) >= 11 is 5.77. The molecule has 0 atom stereocenters. The number of carbonyl (C=O) groups excluding carboxylic acids is 1. The molecule has 1 amide bonds. The molecule has 0 heterocycles. The number of carbonyl (C=O) groups is 1. The topological polar surface area (TPSA) is 29.1 Å². The van der Waals surface area contributed by atoms with Gasteiger partial charge in [-0.2, -0.15) is 0 Å². The summed E-state index contributed by atoms with van der Waals surface area (Å²) in [6.45, 7) is 0.718. The lowest BCUT2D eigenvalue weighted by atomic mass is 9.97. The van der Waals surface area contributed by atoms with Gasteiger partial charge in [-0.25, -0.2) is 0 Å². The maximum absolute atomic E-state index is 12.0. The minimum atomic E-state index is -0.0108. The SMILES string of the molecule is O=C(NCCC1=CCCCC1)c1cccc(CCl)c1. The summed E-state index contributed by atoms with van der Waals surface area (Å²) in [4.78, 5) is 12.0. The van der Waals surface area contributed by atoms with E-state index in [-0.39, 0.29) is 5.91 Å². The molecule has 102 valence electrons. The maximum atomic E-state index is 12.0. The van der Waals surface area contributed by atoms with E-state index in [1.165, 1.54) is 31.3 Å². The third-order valence-corrected chi connectivity index (χ3v) is 3.77. The Kier molecular flexibility index (Phi) is 5.46. The van der Waals surface area contributed by atoms with Crippen LogP contribution in [0.5, 0.6) is 0 Å². The first-order valence-corrected chi connectivity index (χ1v) is 7.44. The molecule has 0 aromatic heterocycles. The van der Waals surface area contributed by atoms with Crippen LogP contribution in [0.1, 0.15) is 48.0 Å². The van der Waals surface area contributed by atoms with Gasteiger partial charge in [0.05, 0.1) is 0 Å². The van der Waals surface area contributed by atoms with Crippen molar-refractivity contribution in [1.29, 1.82) is 0 Å². The van der Waals surface area contributed by atoms with Crippen molar-refractivity contribution in [2.45, 2.75) is 38.0 Å². The van der Waals surface area contributed by atoms with E-state index in [1.807, 2.05) is 24.3 Å². The number of halogens is 1. The third-order valence-electron chi connectivity index (χ3n) is 3.46. The molecule has 1 aromatic carbocycles. The lowest BCUT2D eigenvalue weighted by Crippen LogP contribution is -2.24. The molecular weight excluding hydrogens is 258 g/mol. The fraction of sp³-hybridized carbons (Fsp3) is 0.438. The minimum Gasteiger partial charge on any atom is -0.352 e. The van der Waals surface area contributed by atoms with Gasteiger partial charge in [0.25, 0.3) is 5.91 Å². The Morgan fingerprint density at radius 2 is 2.21 bits per heavy atom. The monoisotopic (exact) mass is 277 g/mol. The first kappa shape index (κ1) is 14.1. The molecule has 0 aliphatic heterocycles. The summed E-state index contributed by atoms with van der Waals surface area (Å²) in [5.74, 6) is 0.428. The zero-order valence-electron chi connectivity index (χ0n) is 11.1. The lowest BCUT2D eigenvalue weighted by Gasteiger charge is -2.13. The molecule has 0 saturated heterocycles. The Hall–Kier alpha value is -1.28. The summed E-state index contributed by atoms with van der Waals surface area (Å²) in [5.41, 5.74) is 3.15. The fourth-order valence-corrected chi connectivity index (χ4v) is 2.53. The van der Waals surface area contributed by atoms with E-state index in [2.05, 4.69) is 11.4 Å². The average molecular weight is 278 g/mol. The summed E-state index contributed by atoms with van der Waals surface area (Å²) in [5, 5.41) is 2.97. The maximum Gasteiger partial charge on any atom is 0.251 e. The molecule has 0 bridgehead atoms. The molecule has 2 rings (SSSR count). The van der Waals surface area contributed by atoms with E-state index in [1.54, 1.807) is 0 Å². The highest BCUT2D eigenvalue weighted by molar-refractivity contribution is 6.17. The van der Waals surface area contributed by atoms with Gasteiger partial charge in [-0.1, -0.05) is 23.8 Å². The molecular formula is C16H20ClNO. The molecule has 0 radical (unpaired) electrons. The third kappa shape index (κ3) is 4.39. The summed E-state index contributed by atoms with van der Waals surface area (Å²) in [6.07, 6.45) is 8.28. The summed E-state index contributed by atoms with van der Waals surface area (Å²) < 4.78 is 0. The molecule has 19 heavy (non-hydrogen) atoms. The molecule has 0 spiro atoms. The van der Waals surface area contributed by atoms with Crippen LogP contribution in [0.2, 0.25) is 0 Å². The molecule has 1 aliphatic carbocycles. The Morgan fingerprint density at radius 1 is 1.32 bits per heavy atom. The van der Waals surface area contributed by atoms with Gasteiger partial charge in [-0.05, 0) is 49.8 Å². The number of rotatable bonds is 5. The van der Waals surface area contributed by atoms with Crippen LogP contribution in [0.3, 0.4) is 0 Å². The van der Waals surface area contributed by atoms with Crippen LogP contribution < -0.4 is 5.32 Å². The first-order valence-electron chi connectivity index (χ1n) is 6.90. The highest BCUT2D eigenvalue weighted by Gasteiger charge is 2.07. The van der Waals surface area contributed by atoms with Crippen molar-refractivity contribution in [2.75, 3.05) is 6.54 Å². The normalized spacial score (nSPS) is 14.9. The number of hydrogen-bond donors (Lipinski definition) is 1. The standard InChI is InChI=1S/C16H20ClNO/c17-12-14-7-4-8-15(11-14)16(19)18-10-9-13-5-2-1-3-6-13/h4-5,7-8,11H,1-3,6,9-10,12H2,(H,18,19). The number of benzene rings is 1. The molecule has 2 nitrogen and oxygen atoms in total. The molecule has 1 aliphatic rings. The zero-order chi connectivity index (χ0) is 13.5. The zero-order valence-corrected chi connectivity index (χ0v) is 11.9. The smallest absolute Gasteiger partial charge is 0.251 e. The molecule has 0 unspecified atom stereocenters. The Bertz CT molecular complexity index is 468. The number of amides is 1. The van der Waals surface area contributed by atoms with Gasteiger partial charge in [0.15, 0.2) is 0 Å². The lowest BCUT2D eigenvalue weighted by molar-refractivity contribution is 0.0954. The first-order chi connectivity index (χ1) is 9.29. The predicted molar refractivity (Wildman–Crippen MR) is 79.5 cm³/mol. The predicted octanol–water partition coefficient (Wildman–Crippen LogP) is 4.05. The Balaban J connectivity index is 1.81. The van der Waals surface area contributed by atoms with Crippen molar-refractivity contribution in [3.63, 3.8) is 0 Å². The van der Waals surface area contributed by atoms with E-state index in [4.69, 9.17) is 11.6 Å². The van der Waals surface area contributed by atoms with Crippen molar-refractivity contribution < 1.29 is 4.79 Å². The largest absolute Gasteiger partial charge is 0.352 e. The highest BCUT2D eigenvalue weighted by atomic mass is 35.5. The second-order valence-electron chi connectivity index (χ2n) is 4.95. The molecule has 1 N–H and O–H groups in total. The van der Waals surface area contributed by atoms with Crippen molar-refractivity contribution in [3.05, 3.63) is 47.0 Å². The van der Waals surface area contributed by atoms with Gasteiger partial charge >= 0.3 is 0 Å². The van der Waals surface area contributed by atoms with E-state index in [0.29, 0.717) is 11.4 Å². The van der Waals surface area contributed by atoms with Crippen LogP contribution in [0.25, 0.3) is 0 Å². The van der Waals surface area contributed by atoms with Crippen LogP contribution in [0, 0.1) is 0 Å². The van der Waals surface area contributed by atoms with Crippen LogP contribution in [-0.4, -0.2) is 12.5 Å². The van der Waals surface area contributed by atoms with Crippen molar-refractivity contribution in [3.8, 4) is 0 Å². The van der Waals surface area contributed by atoms with Crippen molar-refractivity contribution in [2.24, 2.45) is 0 Å². The number of alkyl halides is 1. The fourth-order valence-electron chi connectivity index (χ4n) is 2.37. The van der Waals surface area contributed by atoms with Gasteiger partial charge in [0, 0.05) is 18.0 Å². The summed E-state index contributed by atoms with van der Waals surface area (Å²) in [7, 11) is 0. The highest BCUT2D eigenvalue weighted by Crippen LogP contribution is 2.19. The Labute approximate surface area is 119 Å². The van der Waals surface area contributed by atoms with Gasteiger partial charge in [-0.3, -0.25) is 4.79 Å². The van der Waals surface area contributed by atoms with Gasteiger partial charge < -0.3 is 5.32 Å². The van der Waals surface area contributed by atoms with Crippen LogP contribution >= 0.6 is 11.6 Å². The molecule has 1 aromatic rings. The Morgan fingerprint density at radius 3 is 2.95 bits per heavy atom. The summed E-state index contributed by atoms with van der Waals surface area (Å²) in [6, 6.07) is 7.47. The number of allylic oxidation sites excluding steroid dienone is 1. The number of hydrogen-bond acceptors (Lipinski definition) is 1. The second-order valence-corrected chi connectivity index (χ2v) is 5.22.